The Balaban J connectivity index is 1.60. The van der Waals surface area contributed by atoms with Crippen LogP contribution in [0.2, 0.25) is 0 Å². The van der Waals surface area contributed by atoms with E-state index in [1.54, 1.807) is 7.11 Å². The highest BCUT2D eigenvalue weighted by molar-refractivity contribution is 4.85. The van der Waals surface area contributed by atoms with Crippen LogP contribution in [0.3, 0.4) is 0 Å². The predicted octanol–water partition coefficient (Wildman–Crippen LogP) is 0.458. The first-order chi connectivity index (χ1) is 8.31. The Hall–Kier alpha value is -0.160. The van der Waals surface area contributed by atoms with Crippen molar-refractivity contribution >= 4 is 0 Å². The van der Waals surface area contributed by atoms with Gasteiger partial charge in [0.25, 0.3) is 0 Å². The molecule has 2 N–H and O–H groups in total. The van der Waals surface area contributed by atoms with Gasteiger partial charge in [-0.2, -0.15) is 0 Å². The molecule has 2 fully saturated rings. The van der Waals surface area contributed by atoms with Crippen molar-refractivity contribution in [2.45, 2.75) is 37.8 Å². The molecule has 4 heteroatoms. The van der Waals surface area contributed by atoms with E-state index in [1.165, 1.54) is 25.8 Å². The third-order valence-corrected chi connectivity index (χ3v) is 3.84. The van der Waals surface area contributed by atoms with Crippen LogP contribution < -0.4 is 5.32 Å². The van der Waals surface area contributed by atoms with Crippen molar-refractivity contribution in [1.29, 1.82) is 0 Å². The first kappa shape index (κ1) is 13.3. The largest absolute Gasteiger partial charge is 0.395 e. The van der Waals surface area contributed by atoms with Gasteiger partial charge in [-0.25, -0.2) is 0 Å². The average molecular weight is 242 g/mol. The normalized spacial score (nSPS) is 27.5. The molecule has 0 aromatic heterocycles. The van der Waals surface area contributed by atoms with Gasteiger partial charge in [-0.1, -0.05) is 0 Å². The summed E-state index contributed by atoms with van der Waals surface area (Å²) in [5.41, 5.74) is 0. The van der Waals surface area contributed by atoms with Gasteiger partial charge in [-0.05, 0) is 44.7 Å². The Morgan fingerprint density at radius 1 is 1.41 bits per heavy atom. The number of aliphatic hydroxyl groups is 1. The zero-order valence-corrected chi connectivity index (χ0v) is 10.9. The molecule has 0 spiro atoms. The minimum Gasteiger partial charge on any atom is -0.395 e. The van der Waals surface area contributed by atoms with Crippen LogP contribution in [0, 0.1) is 5.92 Å². The summed E-state index contributed by atoms with van der Waals surface area (Å²) in [6.45, 7) is 4.61. The van der Waals surface area contributed by atoms with Crippen LogP contribution in [0.25, 0.3) is 0 Å². The number of aliphatic hydroxyl groups excluding tert-OH is 1. The third kappa shape index (κ3) is 4.54. The summed E-state index contributed by atoms with van der Waals surface area (Å²) in [7, 11) is 1.78. The molecule has 1 heterocycles. The van der Waals surface area contributed by atoms with Crippen LogP contribution >= 0.6 is 0 Å². The maximum atomic E-state index is 9.31. The van der Waals surface area contributed by atoms with E-state index in [0.29, 0.717) is 18.0 Å². The lowest BCUT2D eigenvalue weighted by Gasteiger charge is -2.21. The highest BCUT2D eigenvalue weighted by atomic mass is 16.5. The monoisotopic (exact) mass is 242 g/mol. The van der Waals surface area contributed by atoms with Gasteiger partial charge < -0.3 is 20.1 Å². The molecule has 2 atom stereocenters. The lowest BCUT2D eigenvalue weighted by molar-refractivity contribution is 0.151. The molecule has 1 saturated carbocycles. The predicted molar refractivity (Wildman–Crippen MR) is 68.1 cm³/mol. The fourth-order valence-corrected chi connectivity index (χ4v) is 2.64. The smallest absolute Gasteiger partial charge is 0.0585 e. The van der Waals surface area contributed by atoms with E-state index in [-0.39, 0.29) is 6.61 Å². The van der Waals surface area contributed by atoms with E-state index in [2.05, 4.69) is 10.2 Å². The Kier molecular flexibility index (Phi) is 5.22. The molecule has 2 aliphatic rings. The fourth-order valence-electron chi connectivity index (χ4n) is 2.64. The molecule has 0 radical (unpaired) electrons. The van der Waals surface area contributed by atoms with E-state index in [1.807, 2.05) is 0 Å². The Morgan fingerprint density at radius 2 is 2.24 bits per heavy atom. The molecule has 2 rings (SSSR count). The van der Waals surface area contributed by atoms with Gasteiger partial charge in [0.1, 0.15) is 0 Å². The Labute approximate surface area is 104 Å². The summed E-state index contributed by atoms with van der Waals surface area (Å²) >= 11 is 0. The fraction of sp³-hybridized carbons (Fsp3) is 1.00. The minimum absolute atomic E-state index is 0.270. The van der Waals surface area contributed by atoms with Crippen molar-refractivity contribution in [2.75, 3.05) is 40.0 Å². The van der Waals surface area contributed by atoms with E-state index >= 15 is 0 Å². The van der Waals surface area contributed by atoms with Gasteiger partial charge in [-0.3, -0.25) is 0 Å². The van der Waals surface area contributed by atoms with Gasteiger partial charge >= 0.3 is 0 Å². The summed E-state index contributed by atoms with van der Waals surface area (Å²) in [6.07, 6.45) is 4.90. The quantitative estimate of drug-likeness (QED) is 0.649. The third-order valence-electron chi connectivity index (χ3n) is 3.84. The molecule has 0 amide bonds. The molecule has 17 heavy (non-hydrogen) atoms. The molecular weight excluding hydrogens is 216 g/mol. The standard InChI is InChI=1S/C13H26N2O2/c1-17-10-11-4-6-15(8-11)7-5-13(9-16)14-12-2-3-12/h11-14,16H,2-10H2,1H3. The SMILES string of the molecule is COCC1CCN(CCC(CO)NC2CC2)C1. The van der Waals surface area contributed by atoms with E-state index in [9.17, 15) is 5.11 Å². The van der Waals surface area contributed by atoms with Crippen LogP contribution in [0.15, 0.2) is 0 Å². The highest BCUT2D eigenvalue weighted by Gasteiger charge is 2.26. The second-order valence-corrected chi connectivity index (χ2v) is 5.52. The van der Waals surface area contributed by atoms with Crippen LogP contribution in [0.4, 0.5) is 0 Å². The van der Waals surface area contributed by atoms with Crippen LogP contribution in [0.1, 0.15) is 25.7 Å². The van der Waals surface area contributed by atoms with Gasteiger partial charge in [-0.15, -0.1) is 0 Å². The van der Waals surface area contributed by atoms with Gasteiger partial charge in [0.15, 0.2) is 0 Å². The first-order valence-electron chi connectivity index (χ1n) is 6.90. The van der Waals surface area contributed by atoms with E-state index in [0.717, 1.165) is 26.1 Å². The van der Waals surface area contributed by atoms with Gasteiger partial charge in [0.05, 0.1) is 13.2 Å². The highest BCUT2D eigenvalue weighted by Crippen LogP contribution is 2.21. The van der Waals surface area contributed by atoms with Crippen molar-refractivity contribution in [3.8, 4) is 0 Å². The second-order valence-electron chi connectivity index (χ2n) is 5.52. The summed E-state index contributed by atoms with van der Waals surface area (Å²) in [5.74, 6) is 0.712. The zero-order valence-electron chi connectivity index (χ0n) is 10.9. The van der Waals surface area contributed by atoms with Crippen molar-refractivity contribution in [1.82, 2.24) is 10.2 Å². The second kappa shape index (κ2) is 6.69. The first-order valence-corrected chi connectivity index (χ1v) is 6.90. The molecule has 0 aromatic carbocycles. The maximum Gasteiger partial charge on any atom is 0.0585 e. The molecule has 1 aliphatic carbocycles. The number of rotatable bonds is 8. The number of nitrogens with one attached hydrogen (secondary N) is 1. The van der Waals surface area contributed by atoms with Crippen LogP contribution in [0.5, 0.6) is 0 Å². The molecular formula is C13H26N2O2. The molecule has 2 unspecified atom stereocenters. The van der Waals surface area contributed by atoms with Gasteiger partial charge in [0.2, 0.25) is 0 Å². The molecule has 100 valence electrons. The van der Waals surface area contributed by atoms with Gasteiger partial charge in [0, 0.05) is 25.7 Å². The van der Waals surface area contributed by atoms with E-state index < -0.39 is 0 Å². The van der Waals surface area contributed by atoms with Crippen LogP contribution in [-0.2, 0) is 4.74 Å². The zero-order chi connectivity index (χ0) is 12.1. The molecule has 0 bridgehead atoms. The summed E-state index contributed by atoms with van der Waals surface area (Å²) in [5, 5.41) is 12.8. The lowest BCUT2D eigenvalue weighted by atomic mass is 10.1. The number of likely N-dealkylation sites (tertiary alicyclic amines) is 1. The molecule has 1 aliphatic heterocycles. The number of methoxy groups -OCH3 is 1. The maximum absolute atomic E-state index is 9.31. The van der Waals surface area contributed by atoms with Crippen LogP contribution in [-0.4, -0.2) is 62.0 Å². The molecule has 4 nitrogen and oxygen atoms in total. The Morgan fingerprint density at radius 3 is 2.88 bits per heavy atom. The van der Waals surface area contributed by atoms with Crippen molar-refractivity contribution in [2.24, 2.45) is 5.92 Å². The molecule has 0 aromatic rings. The average Bonchev–Trinajstić information content (AvgIpc) is 3.04. The molecule has 1 saturated heterocycles. The summed E-state index contributed by atoms with van der Waals surface area (Å²) < 4.78 is 5.20. The number of hydrogen-bond donors (Lipinski definition) is 2. The number of ether oxygens (including phenoxy) is 1. The van der Waals surface area contributed by atoms with Crippen molar-refractivity contribution < 1.29 is 9.84 Å². The van der Waals surface area contributed by atoms with Crippen molar-refractivity contribution in [3.05, 3.63) is 0 Å². The number of nitrogens with zero attached hydrogens (tertiary/aromatic N) is 1. The van der Waals surface area contributed by atoms with Crippen molar-refractivity contribution in [3.63, 3.8) is 0 Å². The minimum atomic E-state index is 0.270. The lowest BCUT2D eigenvalue weighted by Crippen LogP contribution is -2.37. The number of hydrogen-bond acceptors (Lipinski definition) is 4. The summed E-state index contributed by atoms with van der Waals surface area (Å²) in [4.78, 5) is 2.50. The van der Waals surface area contributed by atoms with E-state index in [4.69, 9.17) is 4.74 Å². The Bertz CT molecular complexity index is 221. The topological polar surface area (TPSA) is 44.7 Å². The summed E-state index contributed by atoms with van der Waals surface area (Å²) in [6, 6.07) is 0.982.